The van der Waals surface area contributed by atoms with E-state index in [1.807, 2.05) is 26.0 Å². The summed E-state index contributed by atoms with van der Waals surface area (Å²) in [5.74, 6) is -1.62. The van der Waals surface area contributed by atoms with Crippen LogP contribution in [0.1, 0.15) is 41.3 Å². The van der Waals surface area contributed by atoms with E-state index in [9.17, 15) is 13.6 Å². The Balaban J connectivity index is 1.84. The van der Waals surface area contributed by atoms with Gasteiger partial charge in [-0.05, 0) is 67.8 Å². The van der Waals surface area contributed by atoms with E-state index in [1.165, 1.54) is 12.1 Å². The predicted octanol–water partition coefficient (Wildman–Crippen LogP) is 7.44. The van der Waals surface area contributed by atoms with Crippen molar-refractivity contribution in [2.45, 2.75) is 26.7 Å². The molecule has 0 unspecified atom stereocenters. The van der Waals surface area contributed by atoms with Crippen LogP contribution < -0.4 is 10.6 Å². The molecule has 7 heteroatoms. The molecule has 160 valence electrons. The second kappa shape index (κ2) is 9.98. The van der Waals surface area contributed by atoms with Gasteiger partial charge >= 0.3 is 0 Å². The van der Waals surface area contributed by atoms with Gasteiger partial charge < -0.3 is 10.6 Å². The van der Waals surface area contributed by atoms with Gasteiger partial charge in [-0.2, -0.15) is 0 Å². The number of carbonyl (C=O) groups excluding carboxylic acids is 1. The van der Waals surface area contributed by atoms with Crippen molar-refractivity contribution in [2.24, 2.45) is 0 Å². The van der Waals surface area contributed by atoms with Gasteiger partial charge in [-0.1, -0.05) is 36.8 Å². The molecule has 2 N–H and O–H groups in total. The summed E-state index contributed by atoms with van der Waals surface area (Å²) in [6.45, 7) is 3.89. The van der Waals surface area contributed by atoms with E-state index in [2.05, 4.69) is 10.6 Å². The maximum absolute atomic E-state index is 13.9. The number of ketones is 1. The monoisotopic (exact) mass is 458 g/mol. The van der Waals surface area contributed by atoms with Gasteiger partial charge in [0.1, 0.15) is 11.6 Å². The van der Waals surface area contributed by atoms with E-state index in [-0.39, 0.29) is 16.5 Å². The fraction of sp³-hybridized carbons (Fsp3) is 0.167. The number of anilines is 3. The SMILES string of the molecule is CCCC(=S)Nc1ccc(C)c(C(=O)c2ccc(Nc3ccc(F)cc3F)cc2Cl)c1. The van der Waals surface area contributed by atoms with Gasteiger partial charge in [0.05, 0.1) is 15.7 Å². The number of halogens is 3. The second-order valence-electron chi connectivity index (χ2n) is 7.10. The maximum Gasteiger partial charge on any atom is 0.194 e. The standard InChI is InChI=1S/C24H21ClF2N2OS/c1-3-4-23(31)29-16-7-5-14(2)19(12-16)24(30)18-9-8-17(13-20(18)25)28-22-10-6-15(26)11-21(22)27/h5-13,28H,3-4H2,1-2H3,(H,29,31). The van der Waals surface area contributed by atoms with Gasteiger partial charge in [0.2, 0.25) is 0 Å². The van der Waals surface area contributed by atoms with Gasteiger partial charge in [0.25, 0.3) is 0 Å². The Morgan fingerprint density at radius 3 is 2.42 bits per heavy atom. The number of nitrogens with one attached hydrogen (secondary N) is 2. The highest BCUT2D eigenvalue weighted by Gasteiger charge is 2.17. The van der Waals surface area contributed by atoms with E-state index in [0.717, 1.165) is 36.2 Å². The first-order valence-electron chi connectivity index (χ1n) is 9.75. The summed E-state index contributed by atoms with van der Waals surface area (Å²) in [6.07, 6.45) is 1.70. The Labute approximate surface area is 190 Å². The smallest absolute Gasteiger partial charge is 0.194 e. The van der Waals surface area contributed by atoms with E-state index < -0.39 is 11.6 Å². The highest BCUT2D eigenvalue weighted by atomic mass is 35.5. The van der Waals surface area contributed by atoms with Crippen LogP contribution in [-0.2, 0) is 0 Å². The van der Waals surface area contributed by atoms with Crippen LogP contribution in [-0.4, -0.2) is 10.8 Å². The summed E-state index contributed by atoms with van der Waals surface area (Å²) < 4.78 is 27.0. The minimum absolute atomic E-state index is 0.106. The van der Waals surface area contributed by atoms with Crippen LogP contribution in [0.3, 0.4) is 0 Å². The number of aryl methyl sites for hydroxylation is 1. The molecule has 0 aromatic heterocycles. The van der Waals surface area contributed by atoms with Crippen molar-refractivity contribution in [1.29, 1.82) is 0 Å². The Hall–Kier alpha value is -2.83. The Kier molecular flexibility index (Phi) is 7.36. The molecule has 0 saturated carbocycles. The molecule has 3 rings (SSSR count). The van der Waals surface area contributed by atoms with Crippen LogP contribution >= 0.6 is 23.8 Å². The van der Waals surface area contributed by atoms with Crippen molar-refractivity contribution in [3.63, 3.8) is 0 Å². The lowest BCUT2D eigenvalue weighted by Gasteiger charge is -2.13. The number of carbonyl (C=O) groups is 1. The fourth-order valence-electron chi connectivity index (χ4n) is 3.06. The summed E-state index contributed by atoms with van der Waals surface area (Å²) in [4.78, 5) is 13.9. The number of rotatable bonds is 7. The fourth-order valence-corrected chi connectivity index (χ4v) is 3.65. The second-order valence-corrected chi connectivity index (χ2v) is 8.00. The molecule has 0 aliphatic heterocycles. The summed E-state index contributed by atoms with van der Waals surface area (Å²) in [5.41, 5.74) is 2.97. The van der Waals surface area contributed by atoms with Crippen LogP contribution in [0.15, 0.2) is 54.6 Å². The zero-order chi connectivity index (χ0) is 22.5. The van der Waals surface area contributed by atoms with Gasteiger partial charge in [-0.25, -0.2) is 8.78 Å². The molecule has 0 aliphatic carbocycles. The first-order valence-corrected chi connectivity index (χ1v) is 10.5. The highest BCUT2D eigenvalue weighted by Crippen LogP contribution is 2.28. The summed E-state index contributed by atoms with van der Waals surface area (Å²) in [5, 5.41) is 6.21. The minimum Gasteiger partial charge on any atom is -0.353 e. The zero-order valence-corrected chi connectivity index (χ0v) is 18.6. The summed E-state index contributed by atoms with van der Waals surface area (Å²) in [7, 11) is 0. The van der Waals surface area contributed by atoms with Crippen LogP contribution in [0.4, 0.5) is 25.8 Å². The lowest BCUT2D eigenvalue weighted by Crippen LogP contribution is -2.10. The maximum atomic E-state index is 13.9. The third-order valence-electron chi connectivity index (χ3n) is 4.67. The largest absolute Gasteiger partial charge is 0.353 e. The van der Waals surface area contributed by atoms with Crippen molar-refractivity contribution >= 4 is 51.7 Å². The Morgan fingerprint density at radius 2 is 1.74 bits per heavy atom. The molecule has 3 aromatic carbocycles. The van der Waals surface area contributed by atoms with Gasteiger partial charge in [-0.15, -0.1) is 0 Å². The lowest BCUT2D eigenvalue weighted by atomic mass is 9.98. The van der Waals surface area contributed by atoms with E-state index in [4.69, 9.17) is 23.8 Å². The molecular weight excluding hydrogens is 438 g/mol. The topological polar surface area (TPSA) is 41.1 Å². The molecule has 0 fully saturated rings. The van der Waals surface area contributed by atoms with Gasteiger partial charge in [0.15, 0.2) is 5.78 Å². The molecule has 0 atom stereocenters. The first kappa shape index (κ1) is 22.8. The van der Waals surface area contributed by atoms with Crippen LogP contribution in [0.2, 0.25) is 5.02 Å². The van der Waals surface area contributed by atoms with Crippen molar-refractivity contribution < 1.29 is 13.6 Å². The zero-order valence-electron chi connectivity index (χ0n) is 17.1. The molecule has 3 nitrogen and oxygen atoms in total. The third-order valence-corrected chi connectivity index (χ3v) is 5.29. The molecule has 0 amide bonds. The van der Waals surface area contributed by atoms with Gasteiger partial charge in [-0.3, -0.25) is 4.79 Å². The van der Waals surface area contributed by atoms with Crippen molar-refractivity contribution in [3.05, 3.63) is 87.9 Å². The lowest BCUT2D eigenvalue weighted by molar-refractivity contribution is 0.103. The Bertz CT molecular complexity index is 1150. The summed E-state index contributed by atoms with van der Waals surface area (Å²) >= 11 is 11.7. The van der Waals surface area contributed by atoms with E-state index in [1.54, 1.807) is 18.2 Å². The van der Waals surface area contributed by atoms with Crippen molar-refractivity contribution in [3.8, 4) is 0 Å². The van der Waals surface area contributed by atoms with Crippen molar-refractivity contribution in [2.75, 3.05) is 10.6 Å². The Morgan fingerprint density at radius 1 is 1.00 bits per heavy atom. The minimum atomic E-state index is -0.725. The molecule has 3 aromatic rings. The molecule has 0 heterocycles. The molecule has 0 aliphatic rings. The third kappa shape index (κ3) is 5.66. The van der Waals surface area contributed by atoms with Gasteiger partial charge in [0, 0.05) is 28.6 Å². The van der Waals surface area contributed by atoms with E-state index in [0.29, 0.717) is 21.8 Å². The predicted molar refractivity (Wildman–Crippen MR) is 127 cm³/mol. The molecule has 0 spiro atoms. The number of thiocarbonyl (C=S) groups is 1. The molecule has 31 heavy (non-hydrogen) atoms. The van der Waals surface area contributed by atoms with Crippen molar-refractivity contribution in [1.82, 2.24) is 0 Å². The normalized spacial score (nSPS) is 10.6. The number of hydrogen-bond donors (Lipinski definition) is 2. The molecule has 0 radical (unpaired) electrons. The van der Waals surface area contributed by atoms with E-state index >= 15 is 0 Å². The number of hydrogen-bond acceptors (Lipinski definition) is 3. The molecular formula is C24H21ClF2N2OS. The highest BCUT2D eigenvalue weighted by molar-refractivity contribution is 7.80. The van der Waals surface area contributed by atoms with Crippen LogP contribution in [0, 0.1) is 18.6 Å². The average molecular weight is 459 g/mol. The van der Waals surface area contributed by atoms with Crippen LogP contribution in [0.5, 0.6) is 0 Å². The quantitative estimate of drug-likeness (QED) is 0.285. The number of benzene rings is 3. The molecule has 0 saturated heterocycles. The average Bonchev–Trinajstić information content (AvgIpc) is 2.71. The summed E-state index contributed by atoms with van der Waals surface area (Å²) in [6, 6.07) is 13.5. The first-order chi connectivity index (χ1) is 14.8. The van der Waals surface area contributed by atoms with Crippen LogP contribution in [0.25, 0.3) is 0 Å². The molecule has 0 bridgehead atoms.